The minimum Gasteiger partial charge on any atom is -0.505 e. The van der Waals surface area contributed by atoms with Crippen LogP contribution in [0, 0.1) is 0 Å². The zero-order valence-electron chi connectivity index (χ0n) is 7.96. The monoisotopic (exact) mass is 252 g/mol. The first-order valence-corrected chi connectivity index (χ1v) is 5.36. The molecule has 0 saturated heterocycles. The third-order valence-electron chi connectivity index (χ3n) is 2.55. The Morgan fingerprint density at radius 1 is 1.25 bits per heavy atom. The number of aromatic hydroxyl groups is 1. The Bertz CT molecular complexity index is 706. The van der Waals surface area contributed by atoms with Crippen LogP contribution in [0.4, 0.5) is 0 Å². The molecule has 80 valence electrons. The van der Waals surface area contributed by atoms with Gasteiger partial charge in [0.1, 0.15) is 0 Å². The van der Waals surface area contributed by atoms with Crippen molar-refractivity contribution in [2.24, 2.45) is 0 Å². The van der Waals surface area contributed by atoms with Gasteiger partial charge in [-0.1, -0.05) is 23.2 Å². The molecule has 16 heavy (non-hydrogen) atoms. The van der Waals surface area contributed by atoms with Gasteiger partial charge in [-0.15, -0.1) is 0 Å². The molecular formula is C11H6Cl2N2O. The number of nitrogens with one attached hydrogen (secondary N) is 1. The zero-order chi connectivity index (χ0) is 11.3. The molecule has 0 fully saturated rings. The first kappa shape index (κ1) is 9.75. The molecule has 0 amide bonds. The van der Waals surface area contributed by atoms with Gasteiger partial charge in [-0.25, -0.2) is 0 Å². The van der Waals surface area contributed by atoms with Crippen LogP contribution >= 0.6 is 23.2 Å². The fourth-order valence-corrected chi connectivity index (χ4v) is 2.39. The van der Waals surface area contributed by atoms with Gasteiger partial charge in [0.2, 0.25) is 0 Å². The van der Waals surface area contributed by atoms with Crippen molar-refractivity contribution in [3.63, 3.8) is 0 Å². The zero-order valence-corrected chi connectivity index (χ0v) is 9.47. The van der Waals surface area contributed by atoms with E-state index in [2.05, 4.69) is 9.97 Å². The van der Waals surface area contributed by atoms with Crippen LogP contribution in [-0.4, -0.2) is 15.1 Å². The minimum absolute atomic E-state index is 0.0893. The normalized spacial score (nSPS) is 11.4. The SMILES string of the molecule is Oc1c(Cl)cc2[nH]c3cnccc3c2c1Cl. The molecule has 0 radical (unpaired) electrons. The fraction of sp³-hybridized carbons (Fsp3) is 0. The third kappa shape index (κ3) is 1.19. The van der Waals surface area contributed by atoms with E-state index in [0.717, 1.165) is 21.8 Å². The highest BCUT2D eigenvalue weighted by molar-refractivity contribution is 6.42. The molecule has 3 nitrogen and oxygen atoms in total. The second-order valence-electron chi connectivity index (χ2n) is 3.49. The number of pyridine rings is 1. The van der Waals surface area contributed by atoms with Crippen molar-refractivity contribution < 1.29 is 5.11 Å². The van der Waals surface area contributed by atoms with Gasteiger partial charge in [0.25, 0.3) is 0 Å². The summed E-state index contributed by atoms with van der Waals surface area (Å²) in [6.07, 6.45) is 3.38. The molecule has 0 aliphatic carbocycles. The summed E-state index contributed by atoms with van der Waals surface area (Å²) in [5, 5.41) is 11.9. The second kappa shape index (κ2) is 3.27. The number of rotatable bonds is 0. The van der Waals surface area contributed by atoms with E-state index in [1.165, 1.54) is 0 Å². The predicted molar refractivity (Wildman–Crippen MR) is 65.3 cm³/mol. The number of phenols is 1. The molecule has 0 spiro atoms. The Labute approximate surface area is 101 Å². The molecule has 0 saturated carbocycles. The van der Waals surface area contributed by atoms with Gasteiger partial charge in [-0.3, -0.25) is 4.98 Å². The average Bonchev–Trinajstić information content (AvgIpc) is 2.64. The fourth-order valence-electron chi connectivity index (χ4n) is 1.83. The lowest BCUT2D eigenvalue weighted by atomic mass is 10.2. The number of H-pyrrole nitrogens is 1. The van der Waals surface area contributed by atoms with Crippen LogP contribution < -0.4 is 0 Å². The van der Waals surface area contributed by atoms with Crippen molar-refractivity contribution in [3.8, 4) is 5.75 Å². The number of halogens is 2. The standard InChI is InChI=1S/C11H6Cl2N2O/c12-6-3-7-9(10(13)11(6)16)5-1-2-14-4-8(5)15-7/h1-4,15-16H. The van der Waals surface area contributed by atoms with E-state index in [4.69, 9.17) is 23.2 Å². The number of hydrogen-bond donors (Lipinski definition) is 2. The molecule has 2 heterocycles. The van der Waals surface area contributed by atoms with Crippen LogP contribution in [0.1, 0.15) is 0 Å². The number of benzene rings is 1. The second-order valence-corrected chi connectivity index (χ2v) is 4.27. The Morgan fingerprint density at radius 2 is 2.06 bits per heavy atom. The van der Waals surface area contributed by atoms with Gasteiger partial charge in [-0.05, 0) is 12.1 Å². The van der Waals surface area contributed by atoms with Crippen molar-refractivity contribution >= 4 is 45.0 Å². The molecule has 0 bridgehead atoms. The summed E-state index contributed by atoms with van der Waals surface area (Å²) in [6.45, 7) is 0. The van der Waals surface area contributed by atoms with Crippen molar-refractivity contribution in [1.29, 1.82) is 0 Å². The van der Waals surface area contributed by atoms with Crippen molar-refractivity contribution in [1.82, 2.24) is 9.97 Å². The Balaban J connectivity index is 2.62. The lowest BCUT2D eigenvalue weighted by molar-refractivity contribution is 0.476. The molecule has 3 rings (SSSR count). The first-order chi connectivity index (χ1) is 7.68. The van der Waals surface area contributed by atoms with Crippen molar-refractivity contribution in [2.45, 2.75) is 0 Å². The molecule has 0 aliphatic heterocycles. The summed E-state index contributed by atoms with van der Waals surface area (Å²) in [6, 6.07) is 3.49. The number of fused-ring (bicyclic) bond motifs is 3. The van der Waals surface area contributed by atoms with Crippen LogP contribution in [0.3, 0.4) is 0 Å². The molecule has 3 aromatic rings. The smallest absolute Gasteiger partial charge is 0.153 e. The number of hydrogen-bond acceptors (Lipinski definition) is 2. The molecule has 5 heteroatoms. The van der Waals surface area contributed by atoms with Gasteiger partial charge in [0.15, 0.2) is 5.75 Å². The maximum absolute atomic E-state index is 9.69. The molecule has 0 unspecified atom stereocenters. The summed E-state index contributed by atoms with van der Waals surface area (Å²) in [4.78, 5) is 7.16. The van der Waals surface area contributed by atoms with Crippen molar-refractivity contribution in [3.05, 3.63) is 34.6 Å². The minimum atomic E-state index is -0.0893. The van der Waals surface area contributed by atoms with E-state index in [1.54, 1.807) is 18.5 Å². The summed E-state index contributed by atoms with van der Waals surface area (Å²) in [7, 11) is 0. The lowest BCUT2D eigenvalue weighted by Crippen LogP contribution is -1.74. The van der Waals surface area contributed by atoms with Gasteiger partial charge < -0.3 is 10.1 Å². The van der Waals surface area contributed by atoms with Crippen LogP contribution in [0.25, 0.3) is 21.8 Å². The number of nitrogens with zero attached hydrogens (tertiary/aromatic N) is 1. The molecule has 0 atom stereocenters. The lowest BCUT2D eigenvalue weighted by Gasteiger charge is -2.01. The summed E-state index contributed by atoms with van der Waals surface area (Å²) < 4.78 is 0. The van der Waals surface area contributed by atoms with E-state index >= 15 is 0 Å². The van der Waals surface area contributed by atoms with Gasteiger partial charge >= 0.3 is 0 Å². The largest absolute Gasteiger partial charge is 0.505 e. The van der Waals surface area contributed by atoms with Gasteiger partial charge in [-0.2, -0.15) is 0 Å². The highest BCUT2D eigenvalue weighted by Crippen LogP contribution is 2.41. The Morgan fingerprint density at radius 3 is 2.88 bits per heavy atom. The molecule has 1 aromatic carbocycles. The number of phenolic OH excluding ortho intramolecular Hbond substituents is 1. The summed E-state index contributed by atoms with van der Waals surface area (Å²) >= 11 is 11.9. The Kier molecular flexibility index (Phi) is 1.99. The topological polar surface area (TPSA) is 48.9 Å². The van der Waals surface area contributed by atoms with E-state index in [1.807, 2.05) is 6.07 Å². The molecule has 2 N–H and O–H groups in total. The van der Waals surface area contributed by atoms with Crippen LogP contribution in [0.5, 0.6) is 5.75 Å². The number of aromatic nitrogens is 2. The highest BCUT2D eigenvalue weighted by atomic mass is 35.5. The quantitative estimate of drug-likeness (QED) is 0.641. The maximum atomic E-state index is 9.69. The highest BCUT2D eigenvalue weighted by Gasteiger charge is 2.14. The molecular weight excluding hydrogens is 247 g/mol. The first-order valence-electron chi connectivity index (χ1n) is 4.61. The summed E-state index contributed by atoms with van der Waals surface area (Å²) in [5.74, 6) is -0.0893. The van der Waals surface area contributed by atoms with Crippen molar-refractivity contribution in [2.75, 3.05) is 0 Å². The summed E-state index contributed by atoms with van der Waals surface area (Å²) in [5.41, 5.74) is 1.65. The van der Waals surface area contributed by atoms with E-state index in [9.17, 15) is 5.11 Å². The van der Waals surface area contributed by atoms with E-state index < -0.39 is 0 Å². The average molecular weight is 253 g/mol. The number of aromatic amines is 1. The predicted octanol–water partition coefficient (Wildman–Crippen LogP) is 3.73. The third-order valence-corrected chi connectivity index (χ3v) is 3.21. The van der Waals surface area contributed by atoms with Crippen LogP contribution in [0.15, 0.2) is 24.5 Å². The van der Waals surface area contributed by atoms with Gasteiger partial charge in [0, 0.05) is 22.5 Å². The van der Waals surface area contributed by atoms with Gasteiger partial charge in [0.05, 0.1) is 21.8 Å². The molecule has 0 aliphatic rings. The van der Waals surface area contributed by atoms with E-state index in [-0.39, 0.29) is 15.8 Å². The maximum Gasteiger partial charge on any atom is 0.153 e. The Hall–Kier alpha value is -1.45. The molecule has 2 aromatic heterocycles. The van der Waals surface area contributed by atoms with E-state index in [0.29, 0.717) is 0 Å². The van der Waals surface area contributed by atoms with Crippen LogP contribution in [0.2, 0.25) is 10.0 Å². The van der Waals surface area contributed by atoms with Crippen LogP contribution in [-0.2, 0) is 0 Å².